The molecular weight excluding hydrogens is 364 g/mol. The Kier molecular flexibility index (Phi) is 3.91. The number of aromatic nitrogens is 4. The van der Waals surface area contributed by atoms with E-state index in [1.807, 2.05) is 4.90 Å². The highest BCUT2D eigenvalue weighted by Crippen LogP contribution is 2.30. The molecule has 4 rings (SSSR count). The van der Waals surface area contributed by atoms with Gasteiger partial charge in [0.05, 0.1) is 29.3 Å². The summed E-state index contributed by atoms with van der Waals surface area (Å²) in [5.41, 5.74) is 0.571. The molecule has 2 saturated heterocycles. The SMILES string of the molecule is Cc1nnsc1C(=O)N1CCN(c2ncccn2)[C@@H]2CS(=O)(=O)C[C@@H]21. The third kappa shape index (κ3) is 2.86. The Balaban J connectivity index is 1.67. The van der Waals surface area contributed by atoms with Gasteiger partial charge in [0.25, 0.3) is 5.91 Å². The lowest BCUT2D eigenvalue weighted by atomic mass is 10.0. The molecule has 0 spiro atoms. The molecule has 0 bridgehead atoms. The van der Waals surface area contributed by atoms with Gasteiger partial charge in [-0.05, 0) is 24.5 Å². The van der Waals surface area contributed by atoms with Gasteiger partial charge in [0.15, 0.2) is 9.84 Å². The maximum Gasteiger partial charge on any atom is 0.267 e. The number of carbonyl (C=O) groups excluding carboxylic acids is 1. The molecule has 2 aliphatic rings. The molecule has 132 valence electrons. The summed E-state index contributed by atoms with van der Waals surface area (Å²) >= 11 is 1.04. The van der Waals surface area contributed by atoms with E-state index < -0.39 is 15.9 Å². The first-order valence-electron chi connectivity index (χ1n) is 7.80. The molecule has 0 N–H and O–H groups in total. The smallest absolute Gasteiger partial charge is 0.267 e. The minimum absolute atomic E-state index is 0.000373. The van der Waals surface area contributed by atoms with E-state index in [0.29, 0.717) is 29.6 Å². The fourth-order valence-corrected chi connectivity index (χ4v) is 6.05. The van der Waals surface area contributed by atoms with Crippen LogP contribution in [0.3, 0.4) is 0 Å². The highest BCUT2D eigenvalue weighted by atomic mass is 32.2. The van der Waals surface area contributed by atoms with Crippen LogP contribution in [0.1, 0.15) is 15.4 Å². The third-order valence-corrected chi connectivity index (χ3v) is 7.11. The van der Waals surface area contributed by atoms with Crippen LogP contribution < -0.4 is 4.90 Å². The number of rotatable bonds is 2. The maximum absolute atomic E-state index is 12.9. The predicted molar refractivity (Wildman–Crippen MR) is 91.3 cm³/mol. The third-order valence-electron chi connectivity index (χ3n) is 4.59. The minimum Gasteiger partial charge on any atom is -0.333 e. The lowest BCUT2D eigenvalue weighted by Gasteiger charge is -2.43. The number of carbonyl (C=O) groups is 1. The molecule has 0 aromatic carbocycles. The van der Waals surface area contributed by atoms with E-state index in [1.165, 1.54) is 0 Å². The van der Waals surface area contributed by atoms with Gasteiger partial charge in [0.1, 0.15) is 4.88 Å². The average molecular weight is 380 g/mol. The van der Waals surface area contributed by atoms with E-state index >= 15 is 0 Å². The second-order valence-electron chi connectivity index (χ2n) is 6.14. The second-order valence-corrected chi connectivity index (χ2v) is 9.05. The summed E-state index contributed by atoms with van der Waals surface area (Å²) in [6, 6.07) is 0.953. The van der Waals surface area contributed by atoms with Crippen LogP contribution in [0.15, 0.2) is 18.5 Å². The van der Waals surface area contributed by atoms with E-state index in [2.05, 4.69) is 19.6 Å². The molecule has 9 nitrogen and oxygen atoms in total. The van der Waals surface area contributed by atoms with Crippen LogP contribution in [-0.2, 0) is 9.84 Å². The summed E-state index contributed by atoms with van der Waals surface area (Å²) in [7, 11) is -3.23. The van der Waals surface area contributed by atoms with Crippen molar-refractivity contribution in [2.24, 2.45) is 0 Å². The molecular formula is C14H16N6O3S2. The molecule has 0 unspecified atom stereocenters. The van der Waals surface area contributed by atoms with Gasteiger partial charge in [-0.25, -0.2) is 18.4 Å². The molecule has 2 aliphatic heterocycles. The molecule has 0 saturated carbocycles. The van der Waals surface area contributed by atoms with Crippen molar-refractivity contribution in [3.63, 3.8) is 0 Å². The number of anilines is 1. The van der Waals surface area contributed by atoms with Crippen molar-refractivity contribution >= 4 is 33.2 Å². The normalized spacial score (nSPS) is 25.0. The number of nitrogens with zero attached hydrogens (tertiary/aromatic N) is 6. The molecule has 2 fully saturated rings. The Morgan fingerprint density at radius 3 is 2.60 bits per heavy atom. The largest absolute Gasteiger partial charge is 0.333 e. The summed E-state index contributed by atoms with van der Waals surface area (Å²) in [5.74, 6) is 0.253. The Labute approximate surface area is 148 Å². The number of hydrogen-bond acceptors (Lipinski definition) is 9. The monoisotopic (exact) mass is 380 g/mol. The fraction of sp³-hybridized carbons (Fsp3) is 0.500. The summed E-state index contributed by atoms with van der Waals surface area (Å²) in [6.45, 7) is 2.62. The maximum atomic E-state index is 12.9. The Bertz CT molecular complexity index is 900. The summed E-state index contributed by atoms with van der Waals surface area (Å²) in [6.07, 6.45) is 3.26. The van der Waals surface area contributed by atoms with Crippen LogP contribution in [0.25, 0.3) is 0 Å². The quantitative estimate of drug-likeness (QED) is 0.702. The fourth-order valence-electron chi connectivity index (χ4n) is 3.45. The highest BCUT2D eigenvalue weighted by Gasteiger charge is 2.49. The molecule has 25 heavy (non-hydrogen) atoms. The molecule has 2 aromatic heterocycles. The summed E-state index contributed by atoms with van der Waals surface area (Å²) < 4.78 is 28.3. The standard InChI is InChI=1S/C14H16N6O3S2/c1-9-12(24-18-17-9)13(21)19-5-6-20(14-15-3-2-4-16-14)11-8-25(22,23)7-10(11)19/h2-4,10-11H,5-8H2,1H3/t10-,11+/m0/s1. The summed E-state index contributed by atoms with van der Waals surface area (Å²) in [4.78, 5) is 25.4. The lowest BCUT2D eigenvalue weighted by molar-refractivity contribution is 0.0652. The van der Waals surface area contributed by atoms with Crippen molar-refractivity contribution in [2.75, 3.05) is 29.5 Å². The van der Waals surface area contributed by atoms with Crippen LogP contribution >= 0.6 is 11.5 Å². The molecule has 11 heteroatoms. The van der Waals surface area contributed by atoms with E-state index in [4.69, 9.17) is 0 Å². The van der Waals surface area contributed by atoms with Crippen molar-refractivity contribution in [1.82, 2.24) is 24.5 Å². The van der Waals surface area contributed by atoms with E-state index in [-0.39, 0.29) is 23.5 Å². The van der Waals surface area contributed by atoms with Crippen LogP contribution in [0, 0.1) is 6.92 Å². The highest BCUT2D eigenvalue weighted by molar-refractivity contribution is 7.91. The molecule has 2 aromatic rings. The Hall–Kier alpha value is -2.14. The average Bonchev–Trinajstić information content (AvgIpc) is 3.15. The van der Waals surface area contributed by atoms with Crippen molar-refractivity contribution in [1.29, 1.82) is 0 Å². The zero-order valence-corrected chi connectivity index (χ0v) is 15.1. The summed E-state index contributed by atoms with van der Waals surface area (Å²) in [5, 5.41) is 3.88. The van der Waals surface area contributed by atoms with Gasteiger partial charge in [-0.3, -0.25) is 4.79 Å². The number of aryl methyl sites for hydroxylation is 1. The van der Waals surface area contributed by atoms with Crippen LogP contribution in [0.4, 0.5) is 5.95 Å². The van der Waals surface area contributed by atoms with E-state index in [9.17, 15) is 13.2 Å². The minimum atomic E-state index is -3.23. The van der Waals surface area contributed by atoms with Crippen LogP contribution in [-0.4, -0.2) is 75.5 Å². The van der Waals surface area contributed by atoms with Crippen molar-refractivity contribution < 1.29 is 13.2 Å². The van der Waals surface area contributed by atoms with Crippen molar-refractivity contribution in [2.45, 2.75) is 19.0 Å². The number of piperazine rings is 1. The van der Waals surface area contributed by atoms with E-state index in [0.717, 1.165) is 11.5 Å². The molecule has 0 radical (unpaired) electrons. The first-order valence-corrected chi connectivity index (χ1v) is 10.4. The second kappa shape index (κ2) is 5.99. The predicted octanol–water partition coefficient (Wildman–Crippen LogP) is -0.235. The number of hydrogen-bond donors (Lipinski definition) is 0. The van der Waals surface area contributed by atoms with Gasteiger partial charge < -0.3 is 9.80 Å². The first-order chi connectivity index (χ1) is 12.0. The Morgan fingerprint density at radius 2 is 1.92 bits per heavy atom. The molecule has 4 heterocycles. The van der Waals surface area contributed by atoms with E-state index in [1.54, 1.807) is 30.3 Å². The zero-order chi connectivity index (χ0) is 17.6. The molecule has 2 atom stereocenters. The number of amides is 1. The van der Waals surface area contributed by atoms with Gasteiger partial charge in [0, 0.05) is 25.5 Å². The number of fused-ring (bicyclic) bond motifs is 1. The van der Waals surface area contributed by atoms with Gasteiger partial charge in [-0.2, -0.15) is 0 Å². The van der Waals surface area contributed by atoms with Crippen LogP contribution in [0.5, 0.6) is 0 Å². The van der Waals surface area contributed by atoms with Crippen molar-refractivity contribution in [3.8, 4) is 0 Å². The number of sulfone groups is 1. The molecule has 0 aliphatic carbocycles. The molecule has 1 amide bonds. The first kappa shape index (κ1) is 16.3. The van der Waals surface area contributed by atoms with Gasteiger partial charge in [0.2, 0.25) is 5.95 Å². The zero-order valence-electron chi connectivity index (χ0n) is 13.4. The lowest BCUT2D eigenvalue weighted by Crippen LogP contribution is -2.61. The Morgan fingerprint density at radius 1 is 1.20 bits per heavy atom. The van der Waals surface area contributed by atoms with Gasteiger partial charge >= 0.3 is 0 Å². The van der Waals surface area contributed by atoms with Gasteiger partial charge in [-0.15, -0.1) is 5.10 Å². The van der Waals surface area contributed by atoms with Crippen molar-refractivity contribution in [3.05, 3.63) is 29.0 Å². The topological polar surface area (TPSA) is 109 Å². The van der Waals surface area contributed by atoms with Crippen LogP contribution in [0.2, 0.25) is 0 Å². The van der Waals surface area contributed by atoms with Gasteiger partial charge in [-0.1, -0.05) is 4.49 Å².